The quantitative estimate of drug-likeness (QED) is 0.850. The Balaban J connectivity index is 0.000000921. The predicted octanol–water partition coefficient (Wildman–Crippen LogP) is 5.09. The van der Waals surface area contributed by atoms with Crippen LogP contribution in [0.3, 0.4) is 0 Å². The van der Waals surface area contributed by atoms with Gasteiger partial charge in [0.1, 0.15) is 12.4 Å². The summed E-state index contributed by atoms with van der Waals surface area (Å²) >= 11 is 0. The molecule has 0 heterocycles. The van der Waals surface area contributed by atoms with Crippen molar-refractivity contribution in [2.45, 2.75) is 47.8 Å². The van der Waals surface area contributed by atoms with Crippen molar-refractivity contribution < 1.29 is 4.74 Å². The third kappa shape index (κ3) is 6.96. The summed E-state index contributed by atoms with van der Waals surface area (Å²) in [7, 11) is 0. The van der Waals surface area contributed by atoms with Crippen LogP contribution in [0, 0.1) is 6.92 Å². The van der Waals surface area contributed by atoms with E-state index in [1.165, 1.54) is 11.1 Å². The molecule has 0 aliphatic heterocycles. The first-order valence-electron chi connectivity index (χ1n) is 7.76. The number of nitrogens with two attached hydrogens (primary N) is 1. The van der Waals surface area contributed by atoms with E-state index in [0.29, 0.717) is 13.2 Å². The lowest BCUT2D eigenvalue weighted by Gasteiger charge is -2.09. The molecule has 2 N–H and O–H groups in total. The van der Waals surface area contributed by atoms with Gasteiger partial charge in [0.15, 0.2) is 0 Å². The largest absolute Gasteiger partial charge is 0.489 e. The minimum absolute atomic E-state index is 0.574. The molecule has 2 aromatic carbocycles. The lowest BCUT2D eigenvalue weighted by atomic mass is 10.1. The Morgan fingerprint density at radius 2 is 1.52 bits per heavy atom. The monoisotopic (exact) mass is 287 g/mol. The molecule has 2 rings (SSSR count). The second-order valence-corrected chi connectivity index (χ2v) is 4.07. The first kappa shape index (κ1) is 19.2. The zero-order valence-corrected chi connectivity index (χ0v) is 14.0. The molecule has 0 aliphatic carbocycles. The molecule has 0 radical (unpaired) electrons. The highest BCUT2D eigenvalue weighted by Crippen LogP contribution is 2.18. The SMILES string of the molecule is CC.CC.Cc1cc(OCc2ccccc2)ccc1CN. The Kier molecular flexibility index (Phi) is 11.0. The topological polar surface area (TPSA) is 35.2 Å². The lowest BCUT2D eigenvalue weighted by Crippen LogP contribution is -2.00. The Labute approximate surface area is 130 Å². The van der Waals surface area contributed by atoms with Crippen molar-refractivity contribution in [2.24, 2.45) is 5.73 Å². The highest BCUT2D eigenvalue weighted by atomic mass is 16.5. The first-order valence-corrected chi connectivity index (χ1v) is 7.76. The zero-order valence-electron chi connectivity index (χ0n) is 14.0. The van der Waals surface area contributed by atoms with E-state index in [1.54, 1.807) is 0 Å². The van der Waals surface area contributed by atoms with Gasteiger partial charge in [-0.1, -0.05) is 64.1 Å². The van der Waals surface area contributed by atoms with Crippen LogP contribution in [0.25, 0.3) is 0 Å². The average molecular weight is 287 g/mol. The van der Waals surface area contributed by atoms with Crippen LogP contribution in [0.2, 0.25) is 0 Å². The third-order valence-electron chi connectivity index (χ3n) is 2.78. The molecule has 0 bridgehead atoms. The van der Waals surface area contributed by atoms with E-state index in [0.717, 1.165) is 11.3 Å². The highest BCUT2D eigenvalue weighted by Gasteiger charge is 1.99. The summed E-state index contributed by atoms with van der Waals surface area (Å²) in [5, 5.41) is 0. The first-order chi connectivity index (χ1) is 10.3. The number of rotatable bonds is 4. The zero-order chi connectivity index (χ0) is 16.1. The molecule has 0 amide bonds. The molecule has 2 heteroatoms. The van der Waals surface area contributed by atoms with Crippen molar-refractivity contribution in [3.63, 3.8) is 0 Å². The molecular weight excluding hydrogens is 258 g/mol. The molecule has 0 atom stereocenters. The standard InChI is InChI=1S/C15H17NO.2C2H6/c1-12-9-15(8-7-14(12)10-16)17-11-13-5-3-2-4-6-13;2*1-2/h2-9H,10-11,16H2,1H3;2*1-2H3. The van der Waals surface area contributed by atoms with Gasteiger partial charge in [0.05, 0.1) is 0 Å². The van der Waals surface area contributed by atoms with Crippen molar-refractivity contribution in [3.05, 3.63) is 65.2 Å². The van der Waals surface area contributed by atoms with Crippen LogP contribution in [0.15, 0.2) is 48.5 Å². The van der Waals surface area contributed by atoms with Crippen molar-refractivity contribution in [2.75, 3.05) is 0 Å². The average Bonchev–Trinajstić information content (AvgIpc) is 2.58. The smallest absolute Gasteiger partial charge is 0.120 e. The summed E-state index contributed by atoms with van der Waals surface area (Å²) in [6.07, 6.45) is 0. The van der Waals surface area contributed by atoms with Crippen molar-refractivity contribution in [1.29, 1.82) is 0 Å². The molecular formula is C19H29NO. The molecule has 0 aliphatic rings. The van der Waals surface area contributed by atoms with Gasteiger partial charge in [0, 0.05) is 6.54 Å². The fourth-order valence-corrected chi connectivity index (χ4v) is 1.73. The Bertz CT molecular complexity index is 480. The van der Waals surface area contributed by atoms with E-state index in [1.807, 2.05) is 64.1 Å². The fourth-order valence-electron chi connectivity index (χ4n) is 1.73. The number of hydrogen-bond donors (Lipinski definition) is 1. The molecule has 0 saturated carbocycles. The summed E-state index contributed by atoms with van der Waals surface area (Å²) in [5.74, 6) is 0.892. The van der Waals surface area contributed by atoms with Crippen molar-refractivity contribution >= 4 is 0 Å². The highest BCUT2D eigenvalue weighted by molar-refractivity contribution is 5.34. The number of benzene rings is 2. The molecule has 0 unspecified atom stereocenters. The summed E-state index contributed by atoms with van der Waals surface area (Å²) in [4.78, 5) is 0. The molecule has 0 fully saturated rings. The van der Waals surface area contributed by atoms with Gasteiger partial charge in [-0.3, -0.25) is 0 Å². The molecule has 116 valence electrons. The van der Waals surface area contributed by atoms with Crippen LogP contribution in [-0.4, -0.2) is 0 Å². The normalized spacial score (nSPS) is 8.86. The van der Waals surface area contributed by atoms with E-state index < -0.39 is 0 Å². The Morgan fingerprint density at radius 1 is 0.905 bits per heavy atom. The van der Waals surface area contributed by atoms with E-state index in [4.69, 9.17) is 10.5 Å². The molecule has 2 aromatic rings. The molecule has 0 spiro atoms. The second kappa shape index (κ2) is 12.0. The van der Waals surface area contributed by atoms with Gasteiger partial charge in [-0.25, -0.2) is 0 Å². The Hall–Kier alpha value is -1.80. The van der Waals surface area contributed by atoms with Crippen molar-refractivity contribution in [3.8, 4) is 5.75 Å². The summed E-state index contributed by atoms with van der Waals surface area (Å²) in [6, 6.07) is 16.2. The van der Waals surface area contributed by atoms with Gasteiger partial charge in [-0.2, -0.15) is 0 Å². The van der Waals surface area contributed by atoms with Gasteiger partial charge in [-0.05, 0) is 35.7 Å². The maximum atomic E-state index is 5.73. The number of hydrogen-bond acceptors (Lipinski definition) is 2. The van der Waals surface area contributed by atoms with Gasteiger partial charge >= 0.3 is 0 Å². The molecule has 0 saturated heterocycles. The molecule has 21 heavy (non-hydrogen) atoms. The summed E-state index contributed by atoms with van der Waals surface area (Å²) < 4.78 is 5.73. The van der Waals surface area contributed by atoms with Crippen LogP contribution in [-0.2, 0) is 13.2 Å². The van der Waals surface area contributed by atoms with Gasteiger partial charge in [0.25, 0.3) is 0 Å². The number of aryl methyl sites for hydroxylation is 1. The summed E-state index contributed by atoms with van der Waals surface area (Å²) in [6.45, 7) is 11.2. The van der Waals surface area contributed by atoms with Gasteiger partial charge < -0.3 is 10.5 Å². The van der Waals surface area contributed by atoms with E-state index in [9.17, 15) is 0 Å². The van der Waals surface area contributed by atoms with Crippen LogP contribution >= 0.6 is 0 Å². The van der Waals surface area contributed by atoms with Crippen LogP contribution in [0.5, 0.6) is 5.75 Å². The predicted molar refractivity (Wildman–Crippen MR) is 92.5 cm³/mol. The third-order valence-corrected chi connectivity index (χ3v) is 2.78. The van der Waals surface area contributed by atoms with Crippen molar-refractivity contribution in [1.82, 2.24) is 0 Å². The maximum absolute atomic E-state index is 5.73. The van der Waals surface area contributed by atoms with Gasteiger partial charge in [-0.15, -0.1) is 0 Å². The van der Waals surface area contributed by atoms with Crippen LogP contribution < -0.4 is 10.5 Å². The van der Waals surface area contributed by atoms with E-state index in [-0.39, 0.29) is 0 Å². The number of ether oxygens (including phenoxy) is 1. The van der Waals surface area contributed by atoms with E-state index in [2.05, 4.69) is 19.1 Å². The van der Waals surface area contributed by atoms with Crippen LogP contribution in [0.4, 0.5) is 0 Å². The minimum atomic E-state index is 0.574. The summed E-state index contributed by atoms with van der Waals surface area (Å²) in [5.41, 5.74) is 9.14. The van der Waals surface area contributed by atoms with Gasteiger partial charge in [0.2, 0.25) is 0 Å². The lowest BCUT2D eigenvalue weighted by molar-refractivity contribution is 0.306. The molecule has 2 nitrogen and oxygen atoms in total. The fraction of sp³-hybridized carbons (Fsp3) is 0.368. The second-order valence-electron chi connectivity index (χ2n) is 4.07. The van der Waals surface area contributed by atoms with Crippen LogP contribution in [0.1, 0.15) is 44.4 Å². The van der Waals surface area contributed by atoms with E-state index >= 15 is 0 Å². The molecule has 0 aromatic heterocycles. The Morgan fingerprint density at radius 3 is 2.05 bits per heavy atom. The maximum Gasteiger partial charge on any atom is 0.120 e. The minimum Gasteiger partial charge on any atom is -0.489 e.